The van der Waals surface area contributed by atoms with E-state index in [4.69, 9.17) is 11.6 Å². The van der Waals surface area contributed by atoms with Gasteiger partial charge in [0.05, 0.1) is 10.7 Å². The summed E-state index contributed by atoms with van der Waals surface area (Å²) in [5.41, 5.74) is 2.57. The molecule has 0 atom stereocenters. The van der Waals surface area contributed by atoms with Crippen LogP contribution in [0.15, 0.2) is 18.2 Å². The first-order valence-corrected chi connectivity index (χ1v) is 8.85. The zero-order chi connectivity index (χ0) is 14.6. The first-order valence-electron chi connectivity index (χ1n) is 7.32. The molecule has 1 aliphatic heterocycles. The Bertz CT molecular complexity index is 435. The molecule has 0 saturated carbocycles. The molecule has 0 aromatic heterocycles. The molecule has 1 heterocycles. The van der Waals surface area contributed by atoms with Crippen molar-refractivity contribution < 1.29 is 0 Å². The first kappa shape index (κ1) is 16.0. The summed E-state index contributed by atoms with van der Waals surface area (Å²) in [4.78, 5) is 2.42. The van der Waals surface area contributed by atoms with Gasteiger partial charge < -0.3 is 10.2 Å². The fraction of sp³-hybridized carbons (Fsp3) is 0.625. The lowest BCUT2D eigenvalue weighted by Crippen LogP contribution is -2.35. The van der Waals surface area contributed by atoms with Crippen molar-refractivity contribution in [3.05, 3.63) is 28.8 Å². The van der Waals surface area contributed by atoms with Crippen molar-refractivity contribution in [1.29, 1.82) is 0 Å². The second-order valence-electron chi connectivity index (χ2n) is 6.34. The van der Waals surface area contributed by atoms with E-state index in [0.717, 1.165) is 24.7 Å². The molecule has 0 aliphatic carbocycles. The van der Waals surface area contributed by atoms with Gasteiger partial charge in [0.25, 0.3) is 0 Å². The lowest BCUT2D eigenvalue weighted by atomic mass is 10.1. The summed E-state index contributed by atoms with van der Waals surface area (Å²) in [6.45, 7) is 9.61. The van der Waals surface area contributed by atoms with E-state index in [0.29, 0.717) is 0 Å². The Hall–Kier alpha value is -0.380. The summed E-state index contributed by atoms with van der Waals surface area (Å²) in [7, 11) is 0. The zero-order valence-corrected chi connectivity index (χ0v) is 14.3. The van der Waals surface area contributed by atoms with Gasteiger partial charge in [-0.25, -0.2) is 0 Å². The molecule has 4 heteroatoms. The summed E-state index contributed by atoms with van der Waals surface area (Å²) in [6.07, 6.45) is 1.24. The molecule has 112 valence electrons. The molecule has 0 bridgehead atoms. The molecule has 2 nitrogen and oxygen atoms in total. The van der Waals surface area contributed by atoms with Crippen LogP contribution in [0.4, 0.5) is 5.69 Å². The number of benzene rings is 1. The summed E-state index contributed by atoms with van der Waals surface area (Å²) in [6, 6.07) is 6.48. The van der Waals surface area contributed by atoms with Gasteiger partial charge in [-0.3, -0.25) is 0 Å². The molecule has 0 spiro atoms. The Morgan fingerprint density at radius 1 is 1.25 bits per heavy atom. The lowest BCUT2D eigenvalue weighted by Gasteiger charge is -2.24. The average molecular weight is 313 g/mol. The van der Waals surface area contributed by atoms with Crippen LogP contribution in [0.1, 0.15) is 32.8 Å². The van der Waals surface area contributed by atoms with E-state index in [2.05, 4.69) is 49.2 Å². The summed E-state index contributed by atoms with van der Waals surface area (Å²) < 4.78 is 0. The Balaban J connectivity index is 2.05. The van der Waals surface area contributed by atoms with Crippen molar-refractivity contribution in [3.8, 4) is 0 Å². The SMILES string of the molecule is CC(C)(C)NCc1ccc(N2CCCSCC2)c(Cl)c1. The van der Waals surface area contributed by atoms with Crippen LogP contribution in [-0.2, 0) is 6.54 Å². The fourth-order valence-electron chi connectivity index (χ4n) is 2.27. The summed E-state index contributed by atoms with van der Waals surface area (Å²) in [5.74, 6) is 2.46. The van der Waals surface area contributed by atoms with E-state index in [1.807, 2.05) is 11.8 Å². The van der Waals surface area contributed by atoms with Crippen molar-refractivity contribution in [3.63, 3.8) is 0 Å². The molecule has 2 rings (SSSR count). The molecule has 1 saturated heterocycles. The Kier molecular flexibility index (Phi) is 5.65. The fourth-order valence-corrected chi connectivity index (χ4v) is 3.48. The van der Waals surface area contributed by atoms with Gasteiger partial charge in [-0.2, -0.15) is 11.8 Å². The smallest absolute Gasteiger partial charge is 0.0642 e. The highest BCUT2D eigenvalue weighted by molar-refractivity contribution is 7.99. The monoisotopic (exact) mass is 312 g/mol. The Morgan fingerprint density at radius 2 is 2.05 bits per heavy atom. The number of hydrogen-bond acceptors (Lipinski definition) is 3. The zero-order valence-electron chi connectivity index (χ0n) is 12.7. The largest absolute Gasteiger partial charge is 0.369 e. The van der Waals surface area contributed by atoms with Gasteiger partial charge in [-0.1, -0.05) is 17.7 Å². The maximum atomic E-state index is 6.49. The second-order valence-corrected chi connectivity index (χ2v) is 7.97. The van der Waals surface area contributed by atoms with Gasteiger partial charge in [-0.15, -0.1) is 0 Å². The van der Waals surface area contributed by atoms with Gasteiger partial charge in [0.1, 0.15) is 0 Å². The van der Waals surface area contributed by atoms with Crippen molar-refractivity contribution in [2.24, 2.45) is 0 Å². The van der Waals surface area contributed by atoms with E-state index >= 15 is 0 Å². The molecule has 1 aromatic rings. The van der Waals surface area contributed by atoms with Gasteiger partial charge in [0.15, 0.2) is 0 Å². The minimum atomic E-state index is 0.132. The lowest BCUT2D eigenvalue weighted by molar-refractivity contribution is 0.424. The second kappa shape index (κ2) is 7.06. The van der Waals surface area contributed by atoms with E-state index < -0.39 is 0 Å². The molecule has 20 heavy (non-hydrogen) atoms. The van der Waals surface area contributed by atoms with Gasteiger partial charge in [0.2, 0.25) is 0 Å². The number of rotatable bonds is 3. The van der Waals surface area contributed by atoms with Crippen molar-refractivity contribution in [2.75, 3.05) is 29.5 Å². The highest BCUT2D eigenvalue weighted by atomic mass is 35.5. The van der Waals surface area contributed by atoms with Gasteiger partial charge >= 0.3 is 0 Å². The third-order valence-electron chi connectivity index (χ3n) is 3.40. The number of halogens is 1. The van der Waals surface area contributed by atoms with Gasteiger partial charge in [-0.05, 0) is 50.6 Å². The number of nitrogens with one attached hydrogen (secondary N) is 1. The topological polar surface area (TPSA) is 15.3 Å². The van der Waals surface area contributed by atoms with Crippen LogP contribution in [0.25, 0.3) is 0 Å². The molecule has 0 radical (unpaired) electrons. The summed E-state index contributed by atoms with van der Waals surface area (Å²) >= 11 is 8.53. The number of anilines is 1. The van der Waals surface area contributed by atoms with Crippen molar-refractivity contribution in [1.82, 2.24) is 5.32 Å². The minimum Gasteiger partial charge on any atom is -0.369 e. The third-order valence-corrected chi connectivity index (χ3v) is 4.75. The average Bonchev–Trinajstić information content (AvgIpc) is 2.64. The van der Waals surface area contributed by atoms with Gasteiger partial charge in [0, 0.05) is 30.9 Å². The molecule has 1 aromatic carbocycles. The molecule has 1 N–H and O–H groups in total. The Labute approximate surface area is 132 Å². The van der Waals surface area contributed by atoms with E-state index in [1.165, 1.54) is 29.2 Å². The quantitative estimate of drug-likeness (QED) is 0.901. The van der Waals surface area contributed by atoms with Crippen molar-refractivity contribution in [2.45, 2.75) is 39.3 Å². The maximum absolute atomic E-state index is 6.49. The highest BCUT2D eigenvalue weighted by Crippen LogP contribution is 2.28. The standard InChI is InChI=1S/C16H25ClN2S/c1-16(2,3)18-12-13-5-6-15(14(17)11-13)19-7-4-9-20-10-8-19/h5-6,11,18H,4,7-10,12H2,1-3H3. The van der Waals surface area contributed by atoms with E-state index in [1.54, 1.807) is 0 Å². The number of thioether (sulfide) groups is 1. The van der Waals surface area contributed by atoms with Crippen LogP contribution in [0.5, 0.6) is 0 Å². The van der Waals surface area contributed by atoms with Crippen LogP contribution in [0, 0.1) is 0 Å². The normalized spacial score (nSPS) is 17.1. The van der Waals surface area contributed by atoms with Crippen LogP contribution in [0.2, 0.25) is 5.02 Å². The molecular weight excluding hydrogens is 288 g/mol. The van der Waals surface area contributed by atoms with Crippen LogP contribution >= 0.6 is 23.4 Å². The van der Waals surface area contributed by atoms with Crippen molar-refractivity contribution >= 4 is 29.1 Å². The predicted molar refractivity (Wildman–Crippen MR) is 92.2 cm³/mol. The highest BCUT2D eigenvalue weighted by Gasteiger charge is 2.14. The summed E-state index contributed by atoms with van der Waals surface area (Å²) in [5, 5.41) is 4.38. The molecule has 1 fully saturated rings. The Morgan fingerprint density at radius 3 is 2.75 bits per heavy atom. The molecular formula is C16H25ClN2S. The molecule has 0 amide bonds. The van der Waals surface area contributed by atoms with E-state index in [-0.39, 0.29) is 5.54 Å². The van der Waals surface area contributed by atoms with Crippen LogP contribution < -0.4 is 10.2 Å². The third kappa shape index (κ3) is 4.87. The van der Waals surface area contributed by atoms with Crippen LogP contribution in [0.3, 0.4) is 0 Å². The minimum absolute atomic E-state index is 0.132. The number of nitrogens with zero attached hydrogens (tertiary/aromatic N) is 1. The molecule has 1 aliphatic rings. The predicted octanol–water partition coefficient (Wildman–Crippen LogP) is 4.17. The molecule has 0 unspecified atom stereocenters. The van der Waals surface area contributed by atoms with Crippen LogP contribution in [-0.4, -0.2) is 30.1 Å². The number of hydrogen-bond donors (Lipinski definition) is 1. The maximum Gasteiger partial charge on any atom is 0.0642 e. The first-order chi connectivity index (χ1) is 9.46. The van der Waals surface area contributed by atoms with E-state index in [9.17, 15) is 0 Å².